The molecule has 8 heteroatoms. The van der Waals surface area contributed by atoms with Crippen LogP contribution in [0.2, 0.25) is 8.67 Å². The lowest BCUT2D eigenvalue weighted by Crippen LogP contribution is -2.65. The molecular weight excluding hydrogens is 503 g/mol. The fourth-order valence-corrected chi connectivity index (χ4v) is 6.84. The van der Waals surface area contributed by atoms with Crippen molar-refractivity contribution in [1.29, 1.82) is 0 Å². The van der Waals surface area contributed by atoms with Crippen LogP contribution in [-0.2, 0) is 9.53 Å². The molecule has 0 spiro atoms. The molecule has 2 bridgehead atoms. The Morgan fingerprint density at radius 1 is 1.03 bits per heavy atom. The third kappa shape index (κ3) is 5.41. The van der Waals surface area contributed by atoms with Crippen LogP contribution >= 0.6 is 34.5 Å². The van der Waals surface area contributed by atoms with Crippen LogP contribution in [0.5, 0.6) is 0 Å². The van der Waals surface area contributed by atoms with Gasteiger partial charge in [0.05, 0.1) is 23.0 Å². The third-order valence-corrected chi connectivity index (χ3v) is 8.69. The second-order valence-corrected chi connectivity index (χ2v) is 11.7. The number of carbonyl (C=O) groups excluding carboxylic acids is 2. The van der Waals surface area contributed by atoms with Crippen molar-refractivity contribution >= 4 is 52.0 Å². The normalized spacial score (nSPS) is 24.1. The molecule has 35 heavy (non-hydrogen) atoms. The van der Waals surface area contributed by atoms with Crippen molar-refractivity contribution < 1.29 is 18.8 Å². The highest BCUT2D eigenvalue weighted by Gasteiger charge is 2.49. The van der Waals surface area contributed by atoms with Crippen LogP contribution in [0.4, 0.5) is 5.69 Å². The van der Waals surface area contributed by atoms with Gasteiger partial charge >= 0.3 is 5.97 Å². The molecule has 3 aliphatic heterocycles. The second kappa shape index (κ2) is 10.3. The Kier molecular flexibility index (Phi) is 7.17. The molecule has 1 unspecified atom stereocenters. The molecule has 5 nitrogen and oxygen atoms in total. The monoisotopic (exact) mass is 529 g/mol. The topological polar surface area (TPSA) is 55.4 Å². The second-order valence-electron chi connectivity index (χ2n) is 9.46. The van der Waals surface area contributed by atoms with E-state index in [-0.39, 0.29) is 17.9 Å². The summed E-state index contributed by atoms with van der Waals surface area (Å²) in [7, 11) is 0. The number of fused-ring (bicyclic) bond motifs is 3. The number of halogens is 2. The highest BCUT2D eigenvalue weighted by atomic mass is 35.5. The predicted octanol–water partition coefficient (Wildman–Crippen LogP) is 6.24. The minimum atomic E-state index is -0.615. The first-order valence-corrected chi connectivity index (χ1v) is 13.4. The van der Waals surface area contributed by atoms with Gasteiger partial charge in [-0.05, 0) is 23.8 Å². The Morgan fingerprint density at radius 3 is 2.31 bits per heavy atom. The Hall–Kier alpha value is -2.38. The van der Waals surface area contributed by atoms with Crippen molar-refractivity contribution in [3.8, 4) is 0 Å². The molecular formula is C27H27Cl2N2O3S+. The Balaban J connectivity index is 1.31. The van der Waals surface area contributed by atoms with Gasteiger partial charge < -0.3 is 14.5 Å². The van der Waals surface area contributed by atoms with Gasteiger partial charge in [-0.2, -0.15) is 0 Å². The number of thiophene rings is 1. The number of benzene rings is 2. The first-order chi connectivity index (χ1) is 16.9. The first-order valence-electron chi connectivity index (χ1n) is 11.8. The number of hydrogen-bond acceptors (Lipinski definition) is 5. The zero-order valence-electron chi connectivity index (χ0n) is 19.2. The van der Waals surface area contributed by atoms with Crippen molar-refractivity contribution in [2.45, 2.75) is 25.0 Å². The number of para-hydroxylation sites is 1. The van der Waals surface area contributed by atoms with Crippen molar-refractivity contribution in [2.75, 3.05) is 31.5 Å². The number of nitrogens with zero attached hydrogens (tertiary/aromatic N) is 1. The van der Waals surface area contributed by atoms with E-state index in [0.29, 0.717) is 37.7 Å². The van der Waals surface area contributed by atoms with Gasteiger partial charge in [0.1, 0.15) is 17.4 Å². The molecule has 0 amide bonds. The standard InChI is InChI=1S/C27H27Cl2N2O3S/c28-24-15-21(26(29)35-24)22(32)16-31-13-11-18(12-14-31)23(17-31)34-27(33)25(19-7-3-1-4-8-19)30-20-9-5-2-6-10-20/h1-10,15,18,23,25,30H,11-14,16-17H2/q+1/t18?,23-,25?,31?/m0/s1. The van der Waals surface area contributed by atoms with E-state index in [1.807, 2.05) is 60.7 Å². The van der Waals surface area contributed by atoms with E-state index in [0.717, 1.165) is 37.2 Å². The number of nitrogens with one attached hydrogen (secondary N) is 1. The van der Waals surface area contributed by atoms with Crippen molar-refractivity contribution in [2.24, 2.45) is 5.92 Å². The van der Waals surface area contributed by atoms with Crippen LogP contribution in [0.15, 0.2) is 66.7 Å². The summed E-state index contributed by atoms with van der Waals surface area (Å²) in [5.74, 6) is 0.0220. The lowest BCUT2D eigenvalue weighted by Gasteiger charge is -2.51. The molecule has 3 fully saturated rings. The summed E-state index contributed by atoms with van der Waals surface area (Å²) >= 11 is 13.5. The summed E-state index contributed by atoms with van der Waals surface area (Å²) in [4.78, 5) is 26.6. The van der Waals surface area contributed by atoms with Crippen LogP contribution in [0.25, 0.3) is 0 Å². The van der Waals surface area contributed by atoms with E-state index in [2.05, 4.69) is 5.32 Å². The van der Waals surface area contributed by atoms with E-state index in [1.54, 1.807) is 6.07 Å². The number of ketones is 1. The number of ether oxygens (including phenoxy) is 1. The fraction of sp³-hybridized carbons (Fsp3) is 0.333. The maximum absolute atomic E-state index is 13.5. The van der Waals surface area contributed by atoms with Crippen molar-refractivity contribution in [3.63, 3.8) is 0 Å². The van der Waals surface area contributed by atoms with E-state index < -0.39 is 6.04 Å². The summed E-state index contributed by atoms with van der Waals surface area (Å²) < 4.78 is 7.76. The number of Topliss-reactive ketones (excluding diaryl/α,β-unsaturated/α-hetero) is 1. The Bertz CT molecular complexity index is 1190. The molecule has 2 aromatic carbocycles. The number of esters is 1. The molecule has 0 saturated carbocycles. The largest absolute Gasteiger partial charge is 0.454 e. The van der Waals surface area contributed by atoms with Gasteiger partial charge in [-0.15, -0.1) is 11.3 Å². The maximum atomic E-state index is 13.5. The zero-order valence-corrected chi connectivity index (χ0v) is 21.5. The van der Waals surface area contributed by atoms with Gasteiger partial charge in [-0.1, -0.05) is 71.7 Å². The van der Waals surface area contributed by atoms with Gasteiger partial charge in [0.2, 0.25) is 5.78 Å². The van der Waals surface area contributed by atoms with Gasteiger partial charge in [-0.25, -0.2) is 4.79 Å². The molecule has 0 aliphatic carbocycles. The fourth-order valence-electron chi connectivity index (χ4n) is 5.34. The van der Waals surface area contributed by atoms with Gasteiger partial charge in [0.25, 0.3) is 0 Å². The quantitative estimate of drug-likeness (QED) is 0.213. The van der Waals surface area contributed by atoms with Gasteiger partial charge in [0.15, 0.2) is 12.1 Å². The Morgan fingerprint density at radius 2 is 1.69 bits per heavy atom. The van der Waals surface area contributed by atoms with Crippen LogP contribution in [0, 0.1) is 5.92 Å². The molecule has 3 aromatic rings. The minimum absolute atomic E-state index is 0.00326. The van der Waals surface area contributed by atoms with Crippen LogP contribution in [0.3, 0.4) is 0 Å². The number of hydrogen-bond donors (Lipinski definition) is 1. The zero-order chi connectivity index (χ0) is 24.4. The molecule has 3 saturated heterocycles. The minimum Gasteiger partial charge on any atom is -0.454 e. The van der Waals surface area contributed by atoms with E-state index in [1.165, 1.54) is 11.3 Å². The van der Waals surface area contributed by atoms with Crippen LogP contribution in [-0.4, -0.2) is 48.5 Å². The van der Waals surface area contributed by atoms with Crippen LogP contribution < -0.4 is 5.32 Å². The highest BCUT2D eigenvalue weighted by Crippen LogP contribution is 2.38. The summed E-state index contributed by atoms with van der Waals surface area (Å²) in [6.45, 7) is 2.80. The smallest absolute Gasteiger partial charge is 0.333 e. The number of quaternary nitrogens is 1. The van der Waals surface area contributed by atoms with Crippen molar-refractivity contribution in [1.82, 2.24) is 0 Å². The number of rotatable bonds is 8. The molecule has 3 aliphatic rings. The molecule has 0 radical (unpaired) electrons. The number of carbonyl (C=O) groups is 2. The first kappa shape index (κ1) is 24.3. The van der Waals surface area contributed by atoms with E-state index >= 15 is 0 Å². The molecule has 1 N–H and O–H groups in total. The number of piperidine rings is 3. The van der Waals surface area contributed by atoms with Crippen LogP contribution in [0.1, 0.15) is 34.8 Å². The highest BCUT2D eigenvalue weighted by molar-refractivity contribution is 7.20. The SMILES string of the molecule is O=C(C[N+]12CCC(CC1)[C@@H](OC(=O)C(Nc1ccccc1)c1ccccc1)C2)c1cc(Cl)sc1Cl. The molecule has 1 aromatic heterocycles. The summed E-state index contributed by atoms with van der Waals surface area (Å²) in [5, 5.41) is 3.34. The molecule has 182 valence electrons. The lowest BCUT2D eigenvalue weighted by molar-refractivity contribution is -0.938. The Labute approximate surface area is 219 Å². The van der Waals surface area contributed by atoms with Gasteiger partial charge in [0, 0.05) is 24.4 Å². The van der Waals surface area contributed by atoms with Gasteiger partial charge in [-0.3, -0.25) is 4.79 Å². The van der Waals surface area contributed by atoms with E-state index in [4.69, 9.17) is 27.9 Å². The lowest BCUT2D eigenvalue weighted by atomic mass is 9.82. The number of anilines is 1. The average Bonchev–Trinajstić information content (AvgIpc) is 3.22. The van der Waals surface area contributed by atoms with Crippen molar-refractivity contribution in [3.05, 3.63) is 86.5 Å². The summed E-state index contributed by atoms with van der Waals surface area (Å²) in [5.41, 5.74) is 2.20. The third-order valence-electron chi connectivity index (χ3n) is 7.20. The summed E-state index contributed by atoms with van der Waals surface area (Å²) in [6, 6.07) is 20.4. The van der Waals surface area contributed by atoms with E-state index in [9.17, 15) is 9.59 Å². The predicted molar refractivity (Wildman–Crippen MR) is 140 cm³/mol. The molecule has 4 heterocycles. The maximum Gasteiger partial charge on any atom is 0.333 e. The molecule has 2 atom stereocenters. The molecule has 6 rings (SSSR count). The average molecular weight is 530 g/mol. The summed E-state index contributed by atoms with van der Waals surface area (Å²) in [6.07, 6.45) is 1.65.